The maximum absolute atomic E-state index is 12.4. The molecule has 3 unspecified atom stereocenters. The number of anilines is 1. The number of terminal acetylenes is 1. The summed E-state index contributed by atoms with van der Waals surface area (Å²) in [6.45, 7) is 0.206. The van der Waals surface area contributed by atoms with Gasteiger partial charge in [-0.15, -0.1) is 12.3 Å². The standard InChI is InChI=1S/C19H23N5O3/c1-2-3-4-5-6-7-8-12-11-24(15-9-13(25)14(10-20)27-15)17-16(12)18(26)23-19(21)22-17/h1,11,13-15,25H,3-6,9-10,20H2,(H3,21,22,23,26). The van der Waals surface area contributed by atoms with Gasteiger partial charge in [0.1, 0.15) is 6.23 Å². The van der Waals surface area contributed by atoms with Gasteiger partial charge in [0, 0.05) is 32.0 Å². The number of fused-ring (bicyclic) bond motifs is 1. The van der Waals surface area contributed by atoms with E-state index in [4.69, 9.17) is 22.6 Å². The molecule has 2 aromatic heterocycles. The molecule has 3 heterocycles. The Balaban J connectivity index is 1.95. The summed E-state index contributed by atoms with van der Waals surface area (Å²) in [5.74, 6) is 8.72. The van der Waals surface area contributed by atoms with Crippen LogP contribution >= 0.6 is 0 Å². The zero-order chi connectivity index (χ0) is 19.4. The number of H-pyrrole nitrogens is 1. The number of unbranched alkanes of at least 4 members (excludes halogenated alkanes) is 3. The van der Waals surface area contributed by atoms with Crippen LogP contribution in [0.5, 0.6) is 0 Å². The maximum Gasteiger partial charge on any atom is 0.263 e. The van der Waals surface area contributed by atoms with Crippen LogP contribution in [0, 0.1) is 24.2 Å². The van der Waals surface area contributed by atoms with Gasteiger partial charge >= 0.3 is 0 Å². The van der Waals surface area contributed by atoms with Crippen LogP contribution in [0.2, 0.25) is 0 Å². The fourth-order valence-corrected chi connectivity index (χ4v) is 3.18. The van der Waals surface area contributed by atoms with Crippen LogP contribution in [0.4, 0.5) is 5.95 Å². The van der Waals surface area contributed by atoms with Gasteiger partial charge in [-0.2, -0.15) is 4.98 Å². The van der Waals surface area contributed by atoms with E-state index in [1.807, 2.05) is 0 Å². The van der Waals surface area contributed by atoms with Crippen molar-refractivity contribution in [1.82, 2.24) is 14.5 Å². The third-order valence-corrected chi connectivity index (χ3v) is 4.54. The average Bonchev–Trinajstić information content (AvgIpc) is 3.18. The number of aliphatic hydroxyl groups is 1. The lowest BCUT2D eigenvalue weighted by Gasteiger charge is -2.14. The van der Waals surface area contributed by atoms with Crippen molar-refractivity contribution in [3.05, 3.63) is 22.1 Å². The van der Waals surface area contributed by atoms with Crippen LogP contribution in [-0.2, 0) is 4.74 Å². The SMILES string of the molecule is C#CCCCCC#Cc1cn(C2CC(O)C(CN)O2)c2nc(N)[nH]c(=O)c12. The molecule has 8 nitrogen and oxygen atoms in total. The lowest BCUT2D eigenvalue weighted by atomic mass is 10.2. The van der Waals surface area contributed by atoms with Crippen LogP contribution in [0.15, 0.2) is 11.0 Å². The Morgan fingerprint density at radius 2 is 2.22 bits per heavy atom. The van der Waals surface area contributed by atoms with Crippen molar-refractivity contribution in [2.45, 2.75) is 50.5 Å². The highest BCUT2D eigenvalue weighted by Gasteiger charge is 2.35. The molecule has 1 saturated heterocycles. The van der Waals surface area contributed by atoms with E-state index in [0.29, 0.717) is 29.4 Å². The smallest absolute Gasteiger partial charge is 0.263 e. The Kier molecular flexibility index (Phi) is 5.82. The van der Waals surface area contributed by atoms with Crippen molar-refractivity contribution in [3.8, 4) is 24.2 Å². The van der Waals surface area contributed by atoms with E-state index < -0.39 is 18.4 Å². The molecule has 0 spiro atoms. The summed E-state index contributed by atoms with van der Waals surface area (Å²) in [6.07, 6.45) is 8.90. The van der Waals surface area contributed by atoms with Gasteiger partial charge in [-0.05, 0) is 12.8 Å². The normalized spacial score (nSPS) is 21.7. The lowest BCUT2D eigenvalue weighted by Crippen LogP contribution is -2.29. The number of rotatable bonds is 5. The fraction of sp³-hybridized carbons (Fsp3) is 0.474. The quantitative estimate of drug-likeness (QED) is 0.447. The van der Waals surface area contributed by atoms with Crippen LogP contribution in [0.3, 0.4) is 0 Å². The number of hydrogen-bond acceptors (Lipinski definition) is 6. The van der Waals surface area contributed by atoms with Crippen molar-refractivity contribution in [1.29, 1.82) is 0 Å². The predicted octanol–water partition coefficient (Wildman–Crippen LogP) is 0.459. The van der Waals surface area contributed by atoms with Crippen LogP contribution < -0.4 is 17.0 Å². The number of aliphatic hydroxyl groups excluding tert-OH is 1. The largest absolute Gasteiger partial charge is 0.390 e. The fourth-order valence-electron chi connectivity index (χ4n) is 3.18. The number of ether oxygens (including phenoxy) is 1. The van der Waals surface area contributed by atoms with E-state index in [0.717, 1.165) is 19.3 Å². The number of hydrogen-bond donors (Lipinski definition) is 4. The number of nitrogens with one attached hydrogen (secondary N) is 1. The molecule has 1 aliphatic heterocycles. The van der Waals surface area contributed by atoms with E-state index in [9.17, 15) is 9.90 Å². The molecule has 0 radical (unpaired) electrons. The number of aromatic amines is 1. The highest BCUT2D eigenvalue weighted by Crippen LogP contribution is 2.31. The average molecular weight is 369 g/mol. The topological polar surface area (TPSA) is 132 Å². The van der Waals surface area contributed by atoms with Crippen LogP contribution in [-0.4, -0.2) is 38.4 Å². The molecule has 1 fully saturated rings. The first kappa shape index (κ1) is 19.0. The van der Waals surface area contributed by atoms with E-state index in [2.05, 4.69) is 27.7 Å². The second-order valence-corrected chi connectivity index (χ2v) is 6.48. The molecule has 3 rings (SSSR count). The Bertz CT molecular complexity index is 975. The van der Waals surface area contributed by atoms with Gasteiger partial charge in [0.15, 0.2) is 5.65 Å². The summed E-state index contributed by atoms with van der Waals surface area (Å²) >= 11 is 0. The van der Waals surface area contributed by atoms with E-state index in [1.54, 1.807) is 10.8 Å². The molecule has 0 amide bonds. The molecular weight excluding hydrogens is 346 g/mol. The zero-order valence-corrected chi connectivity index (χ0v) is 14.9. The van der Waals surface area contributed by atoms with Gasteiger partial charge in [0.2, 0.25) is 5.95 Å². The molecular formula is C19H23N5O3. The summed E-state index contributed by atoms with van der Waals surface area (Å²) in [6, 6.07) is 0. The highest BCUT2D eigenvalue weighted by atomic mass is 16.5. The number of nitrogens with two attached hydrogens (primary N) is 2. The number of nitrogen functional groups attached to an aromatic ring is 1. The molecule has 0 bridgehead atoms. The summed E-state index contributed by atoms with van der Waals surface area (Å²) in [5.41, 5.74) is 11.9. The second-order valence-electron chi connectivity index (χ2n) is 6.48. The van der Waals surface area contributed by atoms with Gasteiger partial charge in [-0.3, -0.25) is 9.78 Å². The second kappa shape index (κ2) is 8.28. The van der Waals surface area contributed by atoms with Gasteiger partial charge in [-0.25, -0.2) is 0 Å². The van der Waals surface area contributed by atoms with Crippen molar-refractivity contribution in [3.63, 3.8) is 0 Å². The minimum Gasteiger partial charge on any atom is -0.390 e. The van der Waals surface area contributed by atoms with Gasteiger partial charge in [0.05, 0.1) is 23.2 Å². The molecule has 0 saturated carbocycles. The van der Waals surface area contributed by atoms with E-state index in [1.165, 1.54) is 0 Å². The molecule has 8 heteroatoms. The predicted molar refractivity (Wildman–Crippen MR) is 103 cm³/mol. The van der Waals surface area contributed by atoms with E-state index >= 15 is 0 Å². The van der Waals surface area contributed by atoms with Gasteiger partial charge in [0.25, 0.3) is 5.56 Å². The molecule has 0 aromatic carbocycles. The Hall–Kier alpha value is -2.78. The molecule has 3 atom stereocenters. The summed E-state index contributed by atoms with van der Waals surface area (Å²) < 4.78 is 7.50. The Labute approximate surface area is 156 Å². The minimum absolute atomic E-state index is 0.00886. The monoisotopic (exact) mass is 369 g/mol. The highest BCUT2D eigenvalue weighted by molar-refractivity contribution is 5.83. The number of nitrogens with zero attached hydrogens (tertiary/aromatic N) is 2. The molecule has 1 aliphatic rings. The maximum atomic E-state index is 12.4. The molecule has 6 N–H and O–H groups in total. The first-order valence-corrected chi connectivity index (χ1v) is 8.91. The van der Waals surface area contributed by atoms with Crippen molar-refractivity contribution < 1.29 is 9.84 Å². The van der Waals surface area contributed by atoms with Crippen LogP contribution in [0.25, 0.3) is 11.0 Å². The molecule has 2 aromatic rings. The zero-order valence-electron chi connectivity index (χ0n) is 14.9. The van der Waals surface area contributed by atoms with Crippen molar-refractivity contribution in [2.75, 3.05) is 12.3 Å². The van der Waals surface area contributed by atoms with Crippen molar-refractivity contribution in [2.24, 2.45) is 5.73 Å². The Morgan fingerprint density at radius 1 is 1.44 bits per heavy atom. The Morgan fingerprint density at radius 3 is 2.93 bits per heavy atom. The molecule has 142 valence electrons. The first-order valence-electron chi connectivity index (χ1n) is 8.91. The molecule has 0 aliphatic carbocycles. The lowest BCUT2D eigenvalue weighted by molar-refractivity contribution is -0.0113. The third-order valence-electron chi connectivity index (χ3n) is 4.54. The van der Waals surface area contributed by atoms with Gasteiger partial charge < -0.3 is 25.9 Å². The first-order chi connectivity index (χ1) is 13.0. The summed E-state index contributed by atoms with van der Waals surface area (Å²) in [5, 5.41) is 10.4. The van der Waals surface area contributed by atoms with Gasteiger partial charge in [-0.1, -0.05) is 11.8 Å². The minimum atomic E-state index is -0.678. The van der Waals surface area contributed by atoms with Crippen molar-refractivity contribution >= 4 is 17.0 Å². The van der Waals surface area contributed by atoms with E-state index in [-0.39, 0.29) is 18.1 Å². The summed E-state index contributed by atoms with van der Waals surface area (Å²) in [7, 11) is 0. The van der Waals surface area contributed by atoms with Crippen LogP contribution in [0.1, 0.15) is 43.9 Å². The summed E-state index contributed by atoms with van der Waals surface area (Å²) in [4.78, 5) is 19.2. The molecule has 27 heavy (non-hydrogen) atoms. The third kappa shape index (κ3) is 3.99. The number of aromatic nitrogens is 3.